The SMILES string of the molecule is CC(C)=CCC(C)(C)[C@@H](O)/C=C/[C@@H]1[C@@H](C/C=C\CCCC(=O)O)[C@@H](N=[N+]=[N-])C[C@H]1O. The van der Waals surface area contributed by atoms with Gasteiger partial charge in [-0.15, -0.1) is 0 Å². The van der Waals surface area contributed by atoms with Crippen LogP contribution in [0.15, 0.2) is 41.1 Å². The molecule has 0 unspecified atom stereocenters. The first-order chi connectivity index (χ1) is 14.1. The average molecular weight is 420 g/mol. The van der Waals surface area contributed by atoms with Crippen LogP contribution in [0, 0.1) is 17.3 Å². The molecule has 5 atom stereocenters. The maximum absolute atomic E-state index is 10.7. The van der Waals surface area contributed by atoms with E-state index < -0.39 is 18.2 Å². The summed E-state index contributed by atoms with van der Waals surface area (Å²) in [6.07, 6.45) is 11.5. The molecule has 0 amide bonds. The summed E-state index contributed by atoms with van der Waals surface area (Å²) < 4.78 is 0. The van der Waals surface area contributed by atoms with Crippen LogP contribution < -0.4 is 0 Å². The van der Waals surface area contributed by atoms with E-state index in [0.29, 0.717) is 25.7 Å². The molecule has 1 rings (SSSR count). The molecule has 0 aromatic carbocycles. The zero-order chi connectivity index (χ0) is 22.7. The van der Waals surface area contributed by atoms with E-state index in [4.69, 9.17) is 10.6 Å². The second-order valence-corrected chi connectivity index (χ2v) is 9.11. The number of carbonyl (C=O) groups is 1. The van der Waals surface area contributed by atoms with Crippen molar-refractivity contribution in [3.8, 4) is 0 Å². The summed E-state index contributed by atoms with van der Waals surface area (Å²) in [5, 5.41) is 33.8. The Kier molecular flexibility index (Phi) is 10.9. The first-order valence-corrected chi connectivity index (χ1v) is 10.7. The van der Waals surface area contributed by atoms with Gasteiger partial charge in [0.15, 0.2) is 0 Å². The standard InChI is InChI=1S/C23H37N3O4/c1-16(2)13-14-23(3,4)21(28)12-11-18-17(19(25-26-24)15-20(18)27)9-7-5-6-8-10-22(29)30/h5,7,11-13,17-21,27-28H,6,8-10,14-15H2,1-4H3,(H,29,30)/b7-5-,12-11+/t17-,18-,19+,20-,21+/m1/s1. The maximum Gasteiger partial charge on any atom is 0.303 e. The van der Waals surface area contributed by atoms with Crippen LogP contribution in [0.5, 0.6) is 0 Å². The normalized spacial score (nSPS) is 25.4. The average Bonchev–Trinajstić information content (AvgIpc) is 2.95. The molecule has 0 aromatic heterocycles. The highest BCUT2D eigenvalue weighted by atomic mass is 16.4. The summed E-state index contributed by atoms with van der Waals surface area (Å²) in [4.78, 5) is 13.5. The predicted octanol–water partition coefficient (Wildman–Crippen LogP) is 5.16. The molecular weight excluding hydrogens is 382 g/mol. The van der Waals surface area contributed by atoms with Gasteiger partial charge in [0.25, 0.3) is 0 Å². The number of carboxylic acid groups (broad SMARTS) is 1. The van der Waals surface area contributed by atoms with Crippen LogP contribution in [0.3, 0.4) is 0 Å². The van der Waals surface area contributed by atoms with Crippen LogP contribution in [-0.2, 0) is 4.79 Å². The van der Waals surface area contributed by atoms with Crippen molar-refractivity contribution < 1.29 is 20.1 Å². The molecule has 0 bridgehead atoms. The molecular formula is C23H37N3O4. The van der Waals surface area contributed by atoms with Gasteiger partial charge in [0.2, 0.25) is 0 Å². The van der Waals surface area contributed by atoms with Gasteiger partial charge in [0.05, 0.1) is 12.2 Å². The van der Waals surface area contributed by atoms with E-state index in [1.165, 1.54) is 5.57 Å². The number of aliphatic carboxylic acids is 1. The minimum atomic E-state index is -0.804. The molecule has 0 radical (unpaired) electrons. The van der Waals surface area contributed by atoms with Gasteiger partial charge in [0, 0.05) is 23.3 Å². The van der Waals surface area contributed by atoms with E-state index in [1.807, 2.05) is 45.9 Å². The van der Waals surface area contributed by atoms with Crippen LogP contribution in [0.4, 0.5) is 0 Å². The topological polar surface area (TPSA) is 127 Å². The van der Waals surface area contributed by atoms with Gasteiger partial charge in [-0.2, -0.15) is 0 Å². The van der Waals surface area contributed by atoms with Crippen molar-refractivity contribution in [2.24, 2.45) is 22.4 Å². The molecule has 168 valence electrons. The predicted molar refractivity (Wildman–Crippen MR) is 119 cm³/mol. The van der Waals surface area contributed by atoms with Crippen molar-refractivity contribution in [1.82, 2.24) is 0 Å². The zero-order valence-electron chi connectivity index (χ0n) is 18.6. The quantitative estimate of drug-likeness (QED) is 0.133. The molecule has 0 aliphatic heterocycles. The van der Waals surface area contributed by atoms with Crippen molar-refractivity contribution in [2.45, 2.75) is 84.5 Å². The first-order valence-electron chi connectivity index (χ1n) is 10.7. The van der Waals surface area contributed by atoms with Crippen LogP contribution in [0.1, 0.15) is 66.2 Å². The maximum atomic E-state index is 10.7. The van der Waals surface area contributed by atoms with Crippen molar-refractivity contribution in [1.29, 1.82) is 0 Å². The molecule has 0 saturated heterocycles. The summed E-state index contributed by atoms with van der Waals surface area (Å²) in [6.45, 7) is 8.07. The van der Waals surface area contributed by atoms with E-state index in [2.05, 4.69) is 16.1 Å². The molecule has 0 heterocycles. The third-order valence-electron chi connectivity index (χ3n) is 5.80. The molecule has 1 aliphatic rings. The van der Waals surface area contributed by atoms with Gasteiger partial charge in [-0.05, 0) is 62.8 Å². The summed E-state index contributed by atoms with van der Waals surface area (Å²) in [7, 11) is 0. The second kappa shape index (κ2) is 12.6. The Bertz CT molecular complexity index is 689. The van der Waals surface area contributed by atoms with Crippen molar-refractivity contribution in [3.63, 3.8) is 0 Å². The van der Waals surface area contributed by atoms with E-state index >= 15 is 0 Å². The highest BCUT2D eigenvalue weighted by Crippen LogP contribution is 2.39. The molecule has 30 heavy (non-hydrogen) atoms. The summed E-state index contributed by atoms with van der Waals surface area (Å²) in [5.41, 5.74) is 9.75. The van der Waals surface area contributed by atoms with Crippen molar-refractivity contribution in [3.05, 3.63) is 46.4 Å². The lowest BCUT2D eigenvalue weighted by Gasteiger charge is -2.28. The number of aliphatic hydroxyl groups is 2. The Morgan fingerprint density at radius 3 is 2.63 bits per heavy atom. The number of allylic oxidation sites excluding steroid dienone is 4. The minimum absolute atomic E-state index is 0.0593. The van der Waals surface area contributed by atoms with Crippen LogP contribution >= 0.6 is 0 Å². The van der Waals surface area contributed by atoms with Gasteiger partial charge in [-0.25, -0.2) is 0 Å². The summed E-state index contributed by atoms with van der Waals surface area (Å²) in [6, 6.07) is -0.306. The number of unbranched alkanes of at least 4 members (excludes halogenated alkanes) is 1. The highest BCUT2D eigenvalue weighted by molar-refractivity contribution is 5.66. The number of rotatable bonds is 12. The third-order valence-corrected chi connectivity index (χ3v) is 5.80. The molecule has 1 aliphatic carbocycles. The second-order valence-electron chi connectivity index (χ2n) is 9.11. The molecule has 0 aromatic rings. The number of carboxylic acids is 1. The Morgan fingerprint density at radius 1 is 1.33 bits per heavy atom. The highest BCUT2D eigenvalue weighted by Gasteiger charge is 2.40. The third kappa shape index (κ3) is 8.74. The number of nitrogens with zero attached hydrogens (tertiary/aromatic N) is 3. The van der Waals surface area contributed by atoms with Crippen LogP contribution in [-0.4, -0.2) is 39.5 Å². The molecule has 0 spiro atoms. The minimum Gasteiger partial charge on any atom is -0.481 e. The van der Waals surface area contributed by atoms with Gasteiger partial charge in [0.1, 0.15) is 0 Å². The van der Waals surface area contributed by atoms with Crippen molar-refractivity contribution in [2.75, 3.05) is 0 Å². The molecule has 3 N–H and O–H groups in total. The fourth-order valence-electron chi connectivity index (χ4n) is 3.73. The van der Waals surface area contributed by atoms with Crippen molar-refractivity contribution >= 4 is 5.97 Å². The van der Waals surface area contributed by atoms with Crippen LogP contribution in [0.2, 0.25) is 0 Å². The van der Waals surface area contributed by atoms with E-state index in [9.17, 15) is 15.0 Å². The monoisotopic (exact) mass is 419 g/mol. The Labute approximate surface area is 179 Å². The van der Waals surface area contributed by atoms with E-state index in [-0.39, 0.29) is 29.7 Å². The number of azide groups is 1. The van der Waals surface area contributed by atoms with E-state index in [1.54, 1.807) is 6.08 Å². The fraction of sp³-hybridized carbons (Fsp3) is 0.696. The first kappa shape index (κ1) is 26.0. The lowest BCUT2D eigenvalue weighted by Crippen LogP contribution is -2.28. The molecule has 1 fully saturated rings. The van der Waals surface area contributed by atoms with Crippen LogP contribution in [0.25, 0.3) is 10.4 Å². The largest absolute Gasteiger partial charge is 0.481 e. The number of hydrogen-bond donors (Lipinski definition) is 3. The van der Waals surface area contributed by atoms with E-state index in [0.717, 1.165) is 6.42 Å². The summed E-state index contributed by atoms with van der Waals surface area (Å²) in [5.74, 6) is -1.07. The number of aliphatic hydroxyl groups excluding tert-OH is 2. The lowest BCUT2D eigenvalue weighted by atomic mass is 9.81. The summed E-state index contributed by atoms with van der Waals surface area (Å²) >= 11 is 0. The fourth-order valence-corrected chi connectivity index (χ4v) is 3.73. The zero-order valence-corrected chi connectivity index (χ0v) is 18.6. The Morgan fingerprint density at radius 2 is 2.03 bits per heavy atom. The number of hydrogen-bond acceptors (Lipinski definition) is 4. The Balaban J connectivity index is 2.83. The van der Waals surface area contributed by atoms with Gasteiger partial charge >= 0.3 is 5.97 Å². The lowest BCUT2D eigenvalue weighted by molar-refractivity contribution is -0.137. The smallest absolute Gasteiger partial charge is 0.303 e. The molecule has 7 heteroatoms. The molecule has 1 saturated carbocycles. The molecule has 7 nitrogen and oxygen atoms in total. The Hall–Kier alpha value is -2.08. The van der Waals surface area contributed by atoms with Gasteiger partial charge in [-0.3, -0.25) is 4.79 Å². The van der Waals surface area contributed by atoms with Gasteiger partial charge < -0.3 is 15.3 Å². The van der Waals surface area contributed by atoms with Gasteiger partial charge in [-0.1, -0.05) is 54.9 Å².